The monoisotopic (exact) mass is 510 g/mol. The summed E-state index contributed by atoms with van der Waals surface area (Å²) in [5.41, 5.74) is 0. The molecule has 42 valence electrons. The number of halogens is 4. The molecule has 0 fully saturated rings. The van der Waals surface area contributed by atoms with Crippen molar-refractivity contribution < 1.29 is 59.1 Å². The van der Waals surface area contributed by atoms with Crippen LogP contribution in [0.4, 0.5) is 10.5 Å². The number of rotatable bonds is 0. The molecule has 0 saturated heterocycles. The van der Waals surface area contributed by atoms with Crippen LogP contribution in [0.2, 0.25) is 0 Å². The molecule has 8 heteroatoms. The summed E-state index contributed by atoms with van der Waals surface area (Å²) in [6.07, 6.45) is 0. The minimum atomic E-state index is -7.18. The van der Waals surface area contributed by atoms with E-state index in [4.69, 9.17) is 0 Å². The molecular formula is H3BaF4HfNaZr. The molecule has 0 spiro atoms. The topological polar surface area (TPSA) is 0 Å². The third-order valence-electron chi connectivity index (χ3n) is 0. The van der Waals surface area contributed by atoms with Gasteiger partial charge in [-0.1, -0.05) is 0 Å². The Morgan fingerprint density at radius 1 is 0.875 bits per heavy atom. The van der Waals surface area contributed by atoms with E-state index in [0.717, 1.165) is 0 Å². The van der Waals surface area contributed by atoms with Crippen molar-refractivity contribution in [3.05, 3.63) is 0 Å². The summed E-state index contributed by atoms with van der Waals surface area (Å²) >= 11 is -7.18. The van der Waals surface area contributed by atoms with Gasteiger partial charge in [-0.2, -0.15) is 0 Å². The van der Waals surface area contributed by atoms with Gasteiger partial charge >= 0.3 is 112 Å². The van der Waals surface area contributed by atoms with Crippen LogP contribution in [0.5, 0.6) is 0 Å². The zero-order valence-electron chi connectivity index (χ0n) is 2.51. The second kappa shape index (κ2) is 11.0. The summed E-state index contributed by atoms with van der Waals surface area (Å²) in [4.78, 5) is 0. The number of hydrogen-bond donors (Lipinski definition) is 0. The van der Waals surface area contributed by atoms with E-state index in [2.05, 4.69) is 0 Å². The molecule has 0 nitrogen and oxygen atoms in total. The molecule has 0 amide bonds. The van der Waals surface area contributed by atoms with E-state index in [0.29, 0.717) is 0 Å². The molecule has 0 heterocycles. The van der Waals surface area contributed by atoms with Crippen LogP contribution in [0.1, 0.15) is 0 Å². The predicted octanol–water partition coefficient (Wildman–Crippen LogP) is 0.111. The normalized spacial score (nSPS) is 7.50. The van der Waals surface area contributed by atoms with Gasteiger partial charge in [-0.25, -0.2) is 0 Å². The molecule has 0 radical (unpaired) electrons. The summed E-state index contributed by atoms with van der Waals surface area (Å²) in [6, 6.07) is 0. The first kappa shape index (κ1) is 22.7. The zero-order chi connectivity index (χ0) is 4.50. The molecule has 0 aliphatic heterocycles. The van der Waals surface area contributed by atoms with E-state index in [9.17, 15) is 10.5 Å². The Morgan fingerprint density at radius 3 is 0.875 bits per heavy atom. The Morgan fingerprint density at radius 2 is 0.875 bits per heavy atom. The van der Waals surface area contributed by atoms with Crippen molar-refractivity contribution in [2.24, 2.45) is 0 Å². The van der Waals surface area contributed by atoms with Crippen LogP contribution in [0.3, 0.4) is 0 Å². The van der Waals surface area contributed by atoms with Gasteiger partial charge < -0.3 is 0 Å². The predicted molar refractivity (Wildman–Crippen MR) is 20.1 cm³/mol. The van der Waals surface area contributed by atoms with Gasteiger partial charge in [0.05, 0.1) is 0 Å². The third-order valence-corrected chi connectivity index (χ3v) is 0. The molecule has 0 aliphatic rings. The summed E-state index contributed by atoms with van der Waals surface area (Å²) in [5, 5.41) is 0. The molecule has 0 unspecified atom stereocenters. The van der Waals surface area contributed by atoms with E-state index in [1.165, 1.54) is 0 Å². The molecular weight excluding hydrogens is 506 g/mol. The minimum absolute atomic E-state index is 0. The average Bonchev–Trinajstić information content (AvgIpc) is 0.722. The molecule has 0 saturated carbocycles. The van der Waals surface area contributed by atoms with Crippen LogP contribution in [0.15, 0.2) is 0 Å². The Balaban J connectivity index is -0.0000000267. The third kappa shape index (κ3) is 50.2. The van der Waals surface area contributed by atoms with Crippen molar-refractivity contribution in [2.45, 2.75) is 0 Å². The molecule has 0 N–H and O–H groups in total. The average molecular weight is 509 g/mol. The fourth-order valence-corrected chi connectivity index (χ4v) is 0. The van der Waals surface area contributed by atoms with E-state index in [-0.39, 0.29) is 104 Å². The molecule has 0 atom stereocenters. The van der Waals surface area contributed by atoms with Gasteiger partial charge in [0.25, 0.3) is 0 Å². The summed E-state index contributed by atoms with van der Waals surface area (Å²) in [7, 11) is 0. The standard InChI is InChI=1S/Ba.4FH.Hf.Na.Zr.3H/h;4*1H;;;;;;/q;;;;;;;+4;;;/p-4. The van der Waals surface area contributed by atoms with Crippen LogP contribution in [0.25, 0.3) is 0 Å². The molecule has 0 aromatic carbocycles. The van der Waals surface area contributed by atoms with Crippen LogP contribution >= 0.6 is 0 Å². The van der Waals surface area contributed by atoms with E-state index in [1.807, 2.05) is 0 Å². The van der Waals surface area contributed by atoms with E-state index < -0.39 is 22.7 Å². The van der Waals surface area contributed by atoms with Crippen molar-refractivity contribution in [1.82, 2.24) is 0 Å². The van der Waals surface area contributed by atoms with Crippen LogP contribution in [0, 0.1) is 0 Å². The molecule has 0 rings (SSSR count). The summed E-state index contributed by atoms with van der Waals surface area (Å²) in [5.74, 6) is 0. The van der Waals surface area contributed by atoms with Crippen LogP contribution in [-0.4, -0.2) is 78.4 Å². The fraction of sp³-hybridized carbons (Fsp3) is 0. The summed E-state index contributed by atoms with van der Waals surface area (Å²) in [6.45, 7) is 0. The number of hydrogen-bond acceptors (Lipinski definition) is 0. The van der Waals surface area contributed by atoms with Gasteiger partial charge in [0.2, 0.25) is 0 Å². The zero-order valence-corrected chi connectivity index (χ0v) is 8.56. The molecule has 0 aromatic heterocycles. The van der Waals surface area contributed by atoms with Gasteiger partial charge in [0.1, 0.15) is 0 Å². The van der Waals surface area contributed by atoms with E-state index >= 15 is 0 Å². The van der Waals surface area contributed by atoms with Gasteiger partial charge in [-0.15, -0.1) is 0 Å². The van der Waals surface area contributed by atoms with Crippen molar-refractivity contribution in [3.8, 4) is 0 Å². The quantitative estimate of drug-likeness (QED) is 0.322. The first-order valence-electron chi connectivity index (χ1n) is 0.756. The first-order valence-corrected chi connectivity index (χ1v) is 4.47. The Labute approximate surface area is 134 Å². The maximum atomic E-state index is 9.90. The first-order chi connectivity index (χ1) is 2.00. The molecule has 0 aromatic rings. The SMILES string of the molecule is [BaH2].[F][Zr]([F])([F])[F].[Hf].[NaH]. The van der Waals surface area contributed by atoms with Crippen molar-refractivity contribution in [2.75, 3.05) is 0 Å². The van der Waals surface area contributed by atoms with Crippen molar-refractivity contribution in [3.63, 3.8) is 0 Å². The maximum absolute atomic E-state index is 9.90. The van der Waals surface area contributed by atoms with E-state index in [1.54, 1.807) is 0 Å². The Hall–Kier alpha value is 4.04. The second-order valence-electron chi connectivity index (χ2n) is 0.429. The van der Waals surface area contributed by atoms with Crippen molar-refractivity contribution in [1.29, 1.82) is 0 Å². The molecule has 0 aliphatic carbocycles. The molecule has 8 heavy (non-hydrogen) atoms. The van der Waals surface area contributed by atoms with Gasteiger partial charge in [-0.05, 0) is 0 Å². The van der Waals surface area contributed by atoms with Gasteiger partial charge in [0.15, 0.2) is 0 Å². The fourth-order valence-electron chi connectivity index (χ4n) is 0. The Bertz CT molecular complexity index is 31.5. The molecule has 0 bridgehead atoms. The summed E-state index contributed by atoms with van der Waals surface area (Å²) < 4.78 is 39.6. The van der Waals surface area contributed by atoms with Crippen LogP contribution < -0.4 is 0 Å². The second-order valence-corrected chi connectivity index (χ2v) is 2.54. The van der Waals surface area contributed by atoms with Gasteiger partial charge in [0, 0.05) is 25.8 Å². The van der Waals surface area contributed by atoms with Gasteiger partial charge in [-0.3, -0.25) is 0 Å². The van der Waals surface area contributed by atoms with Crippen LogP contribution in [-0.2, 0) is 48.5 Å². The van der Waals surface area contributed by atoms with Crippen molar-refractivity contribution >= 4 is 78.4 Å². The Kier molecular flexibility index (Phi) is 31.3.